The van der Waals surface area contributed by atoms with Crippen molar-refractivity contribution >= 4 is 28.0 Å². The molecule has 19 heavy (non-hydrogen) atoms. The molecule has 98 valence electrons. The summed E-state index contributed by atoms with van der Waals surface area (Å²) in [6.07, 6.45) is 2.65. The monoisotopic (exact) mass is 321 g/mol. The summed E-state index contributed by atoms with van der Waals surface area (Å²) in [5.74, 6) is 0.437. The van der Waals surface area contributed by atoms with Gasteiger partial charge in [0.15, 0.2) is 0 Å². The third-order valence-corrected chi connectivity index (χ3v) is 2.99. The first-order chi connectivity index (χ1) is 8.97. The van der Waals surface area contributed by atoms with Gasteiger partial charge in [-0.3, -0.25) is 0 Å². The van der Waals surface area contributed by atoms with Crippen molar-refractivity contribution < 1.29 is 9.90 Å². The van der Waals surface area contributed by atoms with Gasteiger partial charge in [0.05, 0.1) is 5.69 Å². The molecule has 0 unspecified atom stereocenters. The van der Waals surface area contributed by atoms with Crippen LogP contribution >= 0.6 is 15.9 Å². The second kappa shape index (κ2) is 5.36. The van der Waals surface area contributed by atoms with E-state index in [0.717, 1.165) is 27.6 Å². The van der Waals surface area contributed by atoms with Gasteiger partial charge < -0.3 is 5.11 Å². The molecule has 0 aliphatic rings. The number of rotatable bonds is 3. The molecule has 0 saturated carbocycles. The summed E-state index contributed by atoms with van der Waals surface area (Å²) in [4.78, 5) is 14.9. The summed E-state index contributed by atoms with van der Waals surface area (Å²) in [7, 11) is 0. The number of carbonyl (C=O) groups is 1. The quantitative estimate of drug-likeness (QED) is 0.882. The maximum absolute atomic E-state index is 10.6. The molecule has 0 aliphatic heterocycles. The maximum Gasteiger partial charge on any atom is 0.328 e. The number of hydrogen-bond acceptors (Lipinski definition) is 3. The number of aliphatic carboxylic acids is 1. The third-order valence-electron chi connectivity index (χ3n) is 2.50. The zero-order valence-corrected chi connectivity index (χ0v) is 12.0. The van der Waals surface area contributed by atoms with Crippen LogP contribution in [0.25, 0.3) is 11.8 Å². The van der Waals surface area contributed by atoms with Crippen molar-refractivity contribution in [3.8, 4) is 5.69 Å². The first-order valence-corrected chi connectivity index (χ1v) is 6.38. The number of carboxylic acid groups (broad SMARTS) is 1. The van der Waals surface area contributed by atoms with E-state index in [1.54, 1.807) is 10.8 Å². The fraction of sp³-hybridized carbons (Fsp3) is 0.154. The molecule has 0 radical (unpaired) electrons. The van der Waals surface area contributed by atoms with Gasteiger partial charge in [0, 0.05) is 16.1 Å². The highest BCUT2D eigenvalue weighted by atomic mass is 79.9. The van der Waals surface area contributed by atoms with E-state index in [-0.39, 0.29) is 0 Å². The number of halogens is 1. The van der Waals surface area contributed by atoms with Gasteiger partial charge in [-0.1, -0.05) is 22.0 Å². The smallest absolute Gasteiger partial charge is 0.328 e. The molecule has 1 aromatic carbocycles. The number of aryl methyl sites for hydroxylation is 2. The van der Waals surface area contributed by atoms with Gasteiger partial charge in [0.2, 0.25) is 0 Å². The SMILES string of the molecule is Cc1nc(C)n(-c2cc(Br)ccc2C=CC(=O)O)n1. The third kappa shape index (κ3) is 3.08. The van der Waals surface area contributed by atoms with Crippen molar-refractivity contribution in [3.05, 3.63) is 46.0 Å². The molecule has 0 bridgehead atoms. The van der Waals surface area contributed by atoms with Crippen LogP contribution in [0, 0.1) is 13.8 Å². The Bertz CT molecular complexity index is 662. The lowest BCUT2D eigenvalue weighted by Gasteiger charge is -2.08. The van der Waals surface area contributed by atoms with E-state index >= 15 is 0 Å². The summed E-state index contributed by atoms with van der Waals surface area (Å²) < 4.78 is 2.59. The summed E-state index contributed by atoms with van der Waals surface area (Å²) in [5, 5.41) is 13.0. The van der Waals surface area contributed by atoms with Gasteiger partial charge in [-0.05, 0) is 32.1 Å². The second-order valence-electron chi connectivity index (χ2n) is 3.99. The van der Waals surface area contributed by atoms with Gasteiger partial charge in [-0.25, -0.2) is 14.5 Å². The molecule has 0 fully saturated rings. The summed E-state index contributed by atoms with van der Waals surface area (Å²) in [6.45, 7) is 3.67. The first kappa shape index (κ1) is 13.5. The van der Waals surface area contributed by atoms with Crippen LogP contribution in [0.2, 0.25) is 0 Å². The van der Waals surface area contributed by atoms with Crippen LogP contribution in [-0.4, -0.2) is 25.8 Å². The van der Waals surface area contributed by atoms with E-state index in [4.69, 9.17) is 5.11 Å². The van der Waals surface area contributed by atoms with Crippen LogP contribution in [0.1, 0.15) is 17.2 Å². The van der Waals surface area contributed by atoms with E-state index in [2.05, 4.69) is 26.0 Å². The van der Waals surface area contributed by atoms with E-state index in [1.165, 1.54) is 0 Å². The van der Waals surface area contributed by atoms with Crippen molar-refractivity contribution in [1.29, 1.82) is 0 Å². The van der Waals surface area contributed by atoms with Gasteiger partial charge in [-0.2, -0.15) is 5.10 Å². The highest BCUT2D eigenvalue weighted by Crippen LogP contribution is 2.22. The average Bonchev–Trinajstić information content (AvgIpc) is 2.66. The zero-order chi connectivity index (χ0) is 14.0. The number of benzene rings is 1. The topological polar surface area (TPSA) is 68.0 Å². The largest absolute Gasteiger partial charge is 0.478 e. The fourth-order valence-corrected chi connectivity index (χ4v) is 2.10. The zero-order valence-electron chi connectivity index (χ0n) is 10.5. The molecular weight excluding hydrogens is 310 g/mol. The minimum Gasteiger partial charge on any atom is -0.478 e. The van der Waals surface area contributed by atoms with Crippen LogP contribution < -0.4 is 0 Å². The predicted molar refractivity (Wildman–Crippen MR) is 75.2 cm³/mol. The second-order valence-corrected chi connectivity index (χ2v) is 4.91. The molecule has 1 aromatic heterocycles. The lowest BCUT2D eigenvalue weighted by Crippen LogP contribution is -2.02. The molecule has 0 spiro atoms. The standard InChI is InChI=1S/C13H12BrN3O2/c1-8-15-9(2)17(16-8)12-7-11(14)5-3-10(12)4-6-13(18)19/h3-7H,1-2H3,(H,18,19). The molecular formula is C13H12BrN3O2. The fourth-order valence-electron chi connectivity index (χ4n) is 1.75. The van der Waals surface area contributed by atoms with Crippen molar-refractivity contribution in [2.45, 2.75) is 13.8 Å². The van der Waals surface area contributed by atoms with Crippen LogP contribution in [0.4, 0.5) is 0 Å². The van der Waals surface area contributed by atoms with Crippen LogP contribution in [0.5, 0.6) is 0 Å². The Morgan fingerprint density at radius 3 is 2.74 bits per heavy atom. The Labute approximate surface area is 118 Å². The molecule has 2 aromatic rings. The van der Waals surface area contributed by atoms with Crippen molar-refractivity contribution in [1.82, 2.24) is 14.8 Å². The van der Waals surface area contributed by atoms with E-state index < -0.39 is 5.97 Å². The van der Waals surface area contributed by atoms with Crippen LogP contribution in [-0.2, 0) is 4.79 Å². The Hall–Kier alpha value is -1.95. The normalized spacial score (nSPS) is 11.1. The summed E-state index contributed by atoms with van der Waals surface area (Å²) in [5.41, 5.74) is 1.54. The van der Waals surface area contributed by atoms with E-state index in [1.807, 2.05) is 32.0 Å². The van der Waals surface area contributed by atoms with Gasteiger partial charge >= 0.3 is 5.97 Å². The Morgan fingerprint density at radius 2 is 2.16 bits per heavy atom. The number of carboxylic acids is 1. The molecule has 5 nitrogen and oxygen atoms in total. The van der Waals surface area contributed by atoms with Crippen molar-refractivity contribution in [3.63, 3.8) is 0 Å². The molecule has 6 heteroatoms. The van der Waals surface area contributed by atoms with Crippen molar-refractivity contribution in [2.24, 2.45) is 0 Å². The minimum atomic E-state index is -0.986. The molecule has 1 heterocycles. The van der Waals surface area contributed by atoms with Crippen LogP contribution in [0.15, 0.2) is 28.7 Å². The molecule has 0 saturated heterocycles. The molecule has 0 amide bonds. The molecule has 0 atom stereocenters. The number of hydrogen-bond donors (Lipinski definition) is 1. The van der Waals surface area contributed by atoms with Gasteiger partial charge in [0.25, 0.3) is 0 Å². The lowest BCUT2D eigenvalue weighted by molar-refractivity contribution is -0.131. The Morgan fingerprint density at radius 1 is 1.42 bits per heavy atom. The summed E-state index contributed by atoms with van der Waals surface area (Å²) in [6, 6.07) is 5.56. The number of nitrogens with zero attached hydrogens (tertiary/aromatic N) is 3. The Kier molecular flexibility index (Phi) is 3.80. The average molecular weight is 322 g/mol. The molecule has 1 N–H and O–H groups in total. The minimum absolute atomic E-state index is 0.672. The summed E-state index contributed by atoms with van der Waals surface area (Å²) >= 11 is 3.40. The Balaban J connectivity index is 2.57. The van der Waals surface area contributed by atoms with Gasteiger partial charge in [-0.15, -0.1) is 0 Å². The highest BCUT2D eigenvalue weighted by Gasteiger charge is 2.09. The molecule has 2 rings (SSSR count). The van der Waals surface area contributed by atoms with Gasteiger partial charge in [0.1, 0.15) is 11.6 Å². The lowest BCUT2D eigenvalue weighted by atomic mass is 10.1. The maximum atomic E-state index is 10.6. The van der Waals surface area contributed by atoms with E-state index in [9.17, 15) is 4.79 Å². The van der Waals surface area contributed by atoms with Crippen LogP contribution in [0.3, 0.4) is 0 Å². The highest BCUT2D eigenvalue weighted by molar-refractivity contribution is 9.10. The predicted octanol–water partition coefficient (Wildman–Crippen LogP) is 2.74. The first-order valence-electron chi connectivity index (χ1n) is 5.58. The van der Waals surface area contributed by atoms with Crippen molar-refractivity contribution in [2.75, 3.05) is 0 Å². The van der Waals surface area contributed by atoms with E-state index in [0.29, 0.717) is 5.82 Å². The molecule has 0 aliphatic carbocycles. The number of aromatic nitrogens is 3.